The number of nitrogens with one attached hydrogen (secondary N) is 3. The fourth-order valence-electron chi connectivity index (χ4n) is 4.25. The van der Waals surface area contributed by atoms with Crippen molar-refractivity contribution in [2.24, 2.45) is 0 Å². The van der Waals surface area contributed by atoms with Crippen LogP contribution in [0, 0.1) is 0 Å². The molecule has 0 aliphatic carbocycles. The van der Waals surface area contributed by atoms with Gasteiger partial charge in [-0.05, 0) is 70.2 Å². The summed E-state index contributed by atoms with van der Waals surface area (Å²) < 4.78 is 0. The van der Waals surface area contributed by atoms with E-state index in [1.807, 2.05) is 24.3 Å². The number of Topliss-reactive ketones (excluding diaryl/α,β-unsaturated/α-hetero) is 1. The minimum Gasteiger partial charge on any atom is -0.381 e. The topological polar surface area (TPSA) is 90.5 Å². The smallest absolute Gasteiger partial charge is 0.258 e. The van der Waals surface area contributed by atoms with Crippen LogP contribution in [0.25, 0.3) is 11.3 Å². The Bertz CT molecular complexity index is 1110. The van der Waals surface area contributed by atoms with Crippen molar-refractivity contribution in [3.63, 3.8) is 0 Å². The van der Waals surface area contributed by atoms with Gasteiger partial charge < -0.3 is 20.9 Å². The van der Waals surface area contributed by atoms with Gasteiger partial charge in [-0.3, -0.25) is 14.4 Å². The first-order valence-corrected chi connectivity index (χ1v) is 10.9. The number of rotatable bonds is 5. The summed E-state index contributed by atoms with van der Waals surface area (Å²) in [6.07, 6.45) is 1.92. The van der Waals surface area contributed by atoms with Gasteiger partial charge in [0.2, 0.25) is 5.91 Å². The number of carbonyl (C=O) groups is 3. The number of benzene rings is 2. The van der Waals surface area contributed by atoms with Gasteiger partial charge in [0.15, 0.2) is 5.78 Å². The Morgan fingerprint density at radius 2 is 1.78 bits per heavy atom. The summed E-state index contributed by atoms with van der Waals surface area (Å²) in [6, 6.07) is 13.0. The number of piperidine rings is 1. The summed E-state index contributed by atoms with van der Waals surface area (Å²) in [7, 11) is 2.11. The van der Waals surface area contributed by atoms with Crippen LogP contribution >= 0.6 is 0 Å². The molecule has 32 heavy (non-hydrogen) atoms. The van der Waals surface area contributed by atoms with Crippen molar-refractivity contribution in [1.82, 2.24) is 10.2 Å². The second-order valence-electron chi connectivity index (χ2n) is 8.50. The van der Waals surface area contributed by atoms with Gasteiger partial charge in [-0.15, -0.1) is 0 Å². The first-order valence-electron chi connectivity index (χ1n) is 10.9. The summed E-state index contributed by atoms with van der Waals surface area (Å²) in [4.78, 5) is 39.0. The fourth-order valence-corrected chi connectivity index (χ4v) is 4.25. The van der Waals surface area contributed by atoms with Crippen LogP contribution < -0.4 is 16.0 Å². The molecule has 2 aliphatic heterocycles. The van der Waals surface area contributed by atoms with E-state index in [2.05, 4.69) is 27.9 Å². The van der Waals surface area contributed by atoms with Crippen molar-refractivity contribution < 1.29 is 14.4 Å². The Balaban J connectivity index is 1.84. The number of ketones is 1. The highest BCUT2D eigenvalue weighted by Gasteiger charge is 2.30. The molecule has 0 atom stereocenters. The van der Waals surface area contributed by atoms with E-state index in [1.54, 1.807) is 18.2 Å². The minimum atomic E-state index is -0.207. The normalized spacial score (nSPS) is 18.0. The SMILES string of the molecule is CC(=O)Nc1cccc(/C(NC2CCN(C)CC2)=C2/C(=O)Nc3ccc(C(C)=O)cc32)c1. The maximum atomic E-state index is 13.1. The van der Waals surface area contributed by atoms with E-state index >= 15 is 0 Å². The van der Waals surface area contributed by atoms with Crippen molar-refractivity contribution in [2.75, 3.05) is 30.8 Å². The number of anilines is 2. The molecule has 0 saturated carbocycles. The Labute approximate surface area is 187 Å². The van der Waals surface area contributed by atoms with Gasteiger partial charge in [0.1, 0.15) is 0 Å². The number of likely N-dealkylation sites (tertiary alicyclic amines) is 1. The highest BCUT2D eigenvalue weighted by molar-refractivity contribution is 6.37. The highest BCUT2D eigenvalue weighted by Crippen LogP contribution is 2.37. The third-order valence-electron chi connectivity index (χ3n) is 5.96. The van der Waals surface area contributed by atoms with Crippen molar-refractivity contribution in [1.29, 1.82) is 0 Å². The molecule has 2 aromatic carbocycles. The van der Waals surface area contributed by atoms with Crippen LogP contribution in [0.15, 0.2) is 42.5 Å². The molecule has 0 radical (unpaired) electrons. The lowest BCUT2D eigenvalue weighted by molar-refractivity contribution is -0.114. The summed E-state index contributed by atoms with van der Waals surface area (Å²) in [6.45, 7) is 4.93. The Morgan fingerprint density at radius 1 is 1.03 bits per heavy atom. The molecule has 0 bridgehead atoms. The number of amides is 2. The lowest BCUT2D eigenvalue weighted by Gasteiger charge is -2.31. The molecule has 7 heteroatoms. The van der Waals surface area contributed by atoms with Crippen molar-refractivity contribution >= 4 is 40.2 Å². The molecular weight excluding hydrogens is 404 g/mol. The quantitative estimate of drug-likeness (QED) is 0.498. The van der Waals surface area contributed by atoms with Gasteiger partial charge in [-0.25, -0.2) is 0 Å². The molecule has 4 rings (SSSR count). The molecule has 3 N–H and O–H groups in total. The molecule has 2 aromatic rings. The van der Waals surface area contributed by atoms with Gasteiger partial charge in [-0.1, -0.05) is 12.1 Å². The van der Waals surface area contributed by atoms with Crippen molar-refractivity contribution in [2.45, 2.75) is 32.7 Å². The van der Waals surface area contributed by atoms with Crippen LogP contribution in [0.2, 0.25) is 0 Å². The van der Waals surface area contributed by atoms with E-state index in [0.717, 1.165) is 31.5 Å². The third-order valence-corrected chi connectivity index (χ3v) is 5.96. The summed E-state index contributed by atoms with van der Waals surface area (Å²) >= 11 is 0. The number of fused-ring (bicyclic) bond motifs is 1. The molecule has 7 nitrogen and oxygen atoms in total. The lowest BCUT2D eigenvalue weighted by Crippen LogP contribution is -2.40. The Morgan fingerprint density at radius 3 is 2.47 bits per heavy atom. The third kappa shape index (κ3) is 4.57. The van der Waals surface area contributed by atoms with Crippen LogP contribution in [0.1, 0.15) is 48.2 Å². The Kier molecular flexibility index (Phi) is 6.10. The Hall–Kier alpha value is -3.45. The van der Waals surface area contributed by atoms with Gasteiger partial charge in [0.05, 0.1) is 11.3 Å². The maximum Gasteiger partial charge on any atom is 0.258 e. The van der Waals surface area contributed by atoms with Crippen LogP contribution in [0.3, 0.4) is 0 Å². The zero-order chi connectivity index (χ0) is 22.8. The summed E-state index contributed by atoms with van der Waals surface area (Å²) in [5.41, 5.74) is 4.66. The molecule has 166 valence electrons. The van der Waals surface area contributed by atoms with Gasteiger partial charge >= 0.3 is 0 Å². The monoisotopic (exact) mass is 432 g/mol. The summed E-state index contributed by atoms with van der Waals surface area (Å²) in [5, 5.41) is 9.37. The summed E-state index contributed by atoms with van der Waals surface area (Å²) in [5.74, 6) is -0.417. The molecule has 1 saturated heterocycles. The number of hydrogen-bond donors (Lipinski definition) is 3. The van der Waals surface area contributed by atoms with Crippen LogP contribution in [0.5, 0.6) is 0 Å². The van der Waals surface area contributed by atoms with E-state index in [9.17, 15) is 14.4 Å². The standard InChI is InChI=1S/C25H28N4O3/c1-15(30)17-7-8-22-21(14-17)23(25(32)28-22)24(27-19-9-11-29(3)12-10-19)18-5-4-6-20(13-18)26-16(2)31/h4-8,13-14,19,27H,9-12H2,1-3H3,(H,26,31)(H,28,32)/b24-23-. The molecule has 2 aliphatic rings. The molecule has 0 aromatic heterocycles. The van der Waals surface area contributed by atoms with E-state index < -0.39 is 0 Å². The van der Waals surface area contributed by atoms with Gasteiger partial charge in [0.25, 0.3) is 5.91 Å². The van der Waals surface area contributed by atoms with Crippen LogP contribution in [-0.2, 0) is 9.59 Å². The van der Waals surface area contributed by atoms with E-state index in [0.29, 0.717) is 33.8 Å². The predicted molar refractivity (Wildman–Crippen MR) is 126 cm³/mol. The first kappa shape index (κ1) is 21.8. The number of hydrogen-bond acceptors (Lipinski definition) is 5. The van der Waals surface area contributed by atoms with Crippen molar-refractivity contribution in [3.05, 3.63) is 59.2 Å². The number of carbonyl (C=O) groups excluding carboxylic acids is 3. The zero-order valence-corrected chi connectivity index (χ0v) is 18.6. The molecule has 1 fully saturated rings. The first-order chi connectivity index (χ1) is 15.3. The van der Waals surface area contributed by atoms with Crippen LogP contribution in [0.4, 0.5) is 11.4 Å². The van der Waals surface area contributed by atoms with Crippen LogP contribution in [-0.4, -0.2) is 48.7 Å². The molecular formula is C25H28N4O3. The second kappa shape index (κ2) is 8.96. The molecule has 0 unspecified atom stereocenters. The van der Waals surface area contributed by atoms with Gasteiger partial charge in [-0.2, -0.15) is 0 Å². The van der Waals surface area contributed by atoms with Crippen molar-refractivity contribution in [3.8, 4) is 0 Å². The van der Waals surface area contributed by atoms with E-state index in [-0.39, 0.29) is 23.6 Å². The maximum absolute atomic E-state index is 13.1. The average Bonchev–Trinajstić information content (AvgIpc) is 3.08. The zero-order valence-electron chi connectivity index (χ0n) is 18.6. The van der Waals surface area contributed by atoms with E-state index in [4.69, 9.17) is 0 Å². The highest BCUT2D eigenvalue weighted by atomic mass is 16.2. The lowest BCUT2D eigenvalue weighted by atomic mass is 9.96. The average molecular weight is 433 g/mol. The predicted octanol–water partition coefficient (Wildman–Crippen LogP) is 3.35. The molecule has 0 spiro atoms. The minimum absolute atomic E-state index is 0.0519. The largest absolute Gasteiger partial charge is 0.381 e. The second-order valence-corrected chi connectivity index (χ2v) is 8.50. The fraction of sp³-hybridized carbons (Fsp3) is 0.320. The van der Waals surface area contributed by atoms with E-state index in [1.165, 1.54) is 13.8 Å². The number of nitrogens with zero attached hydrogens (tertiary/aromatic N) is 1. The molecule has 2 heterocycles. The van der Waals surface area contributed by atoms with Gasteiger partial charge in [0, 0.05) is 41.0 Å². The molecule has 2 amide bonds.